The number of carbonyl (C=O) groups excluding carboxylic acids is 1. The molecule has 3 rings (SSSR count). The molecule has 0 amide bonds. The molecule has 2 aromatic rings. The lowest BCUT2D eigenvalue weighted by Crippen LogP contribution is -2.26. The van der Waals surface area contributed by atoms with Gasteiger partial charge in [-0.2, -0.15) is 29.9 Å². The SMILES string of the molecule is O=C(OCc1nc(-c2cccc(C(F)(F)F)c2)no1)[C@@H]1CSCCS1. The van der Waals surface area contributed by atoms with Gasteiger partial charge in [0.05, 0.1) is 5.56 Å². The predicted octanol–water partition coefficient (Wildman–Crippen LogP) is 3.65. The molecule has 10 heteroatoms. The molecule has 0 radical (unpaired) electrons. The normalized spacial score (nSPS) is 18.1. The Morgan fingerprint density at radius 1 is 1.36 bits per heavy atom. The molecule has 25 heavy (non-hydrogen) atoms. The summed E-state index contributed by atoms with van der Waals surface area (Å²) >= 11 is 3.24. The van der Waals surface area contributed by atoms with Gasteiger partial charge in [0.15, 0.2) is 6.61 Å². The van der Waals surface area contributed by atoms with E-state index < -0.39 is 11.7 Å². The zero-order valence-corrected chi connectivity index (χ0v) is 14.4. The van der Waals surface area contributed by atoms with E-state index in [9.17, 15) is 18.0 Å². The number of rotatable bonds is 4. The highest BCUT2D eigenvalue weighted by Gasteiger charge is 2.31. The molecule has 0 spiro atoms. The fourth-order valence-electron chi connectivity index (χ4n) is 2.12. The van der Waals surface area contributed by atoms with Crippen LogP contribution in [0, 0.1) is 0 Å². The van der Waals surface area contributed by atoms with Crippen molar-refractivity contribution in [2.45, 2.75) is 18.0 Å². The van der Waals surface area contributed by atoms with Gasteiger partial charge in [-0.3, -0.25) is 4.79 Å². The molecule has 1 atom stereocenters. The summed E-state index contributed by atoms with van der Waals surface area (Å²) in [7, 11) is 0. The van der Waals surface area contributed by atoms with Crippen LogP contribution in [0.5, 0.6) is 0 Å². The third-order valence-corrected chi connectivity index (χ3v) is 6.07. The van der Waals surface area contributed by atoms with Crippen molar-refractivity contribution in [2.24, 2.45) is 0 Å². The molecular formula is C15H13F3N2O3S2. The minimum Gasteiger partial charge on any atom is -0.455 e. The Hall–Kier alpha value is -1.68. The highest BCUT2D eigenvalue weighted by Crippen LogP contribution is 2.31. The molecule has 1 aliphatic heterocycles. The van der Waals surface area contributed by atoms with Crippen LogP contribution in [0.3, 0.4) is 0 Å². The number of nitrogens with zero attached hydrogens (tertiary/aromatic N) is 2. The maximum absolute atomic E-state index is 12.7. The quantitative estimate of drug-likeness (QED) is 0.739. The van der Waals surface area contributed by atoms with Crippen molar-refractivity contribution in [3.63, 3.8) is 0 Å². The fraction of sp³-hybridized carbons (Fsp3) is 0.400. The van der Waals surface area contributed by atoms with Gasteiger partial charge in [-0.1, -0.05) is 17.3 Å². The van der Waals surface area contributed by atoms with Gasteiger partial charge in [-0.05, 0) is 12.1 Å². The van der Waals surface area contributed by atoms with Crippen molar-refractivity contribution in [3.8, 4) is 11.4 Å². The van der Waals surface area contributed by atoms with E-state index in [-0.39, 0.29) is 35.1 Å². The number of benzene rings is 1. The lowest BCUT2D eigenvalue weighted by molar-refractivity contribution is -0.144. The Balaban J connectivity index is 1.63. The summed E-state index contributed by atoms with van der Waals surface area (Å²) in [5, 5.41) is 3.43. The van der Waals surface area contributed by atoms with Gasteiger partial charge >= 0.3 is 12.1 Å². The lowest BCUT2D eigenvalue weighted by Gasteiger charge is -2.18. The minimum absolute atomic E-state index is 0.0137. The number of hydrogen-bond acceptors (Lipinski definition) is 7. The van der Waals surface area contributed by atoms with Crippen LogP contribution in [0.4, 0.5) is 13.2 Å². The Bertz CT molecular complexity index is 746. The van der Waals surface area contributed by atoms with E-state index in [4.69, 9.17) is 9.26 Å². The third kappa shape index (κ3) is 4.69. The minimum atomic E-state index is -4.45. The topological polar surface area (TPSA) is 65.2 Å². The molecule has 1 saturated heterocycles. The van der Waals surface area contributed by atoms with Gasteiger partial charge in [0.2, 0.25) is 5.82 Å². The first-order valence-electron chi connectivity index (χ1n) is 7.29. The van der Waals surface area contributed by atoms with Crippen LogP contribution in [-0.2, 0) is 22.3 Å². The van der Waals surface area contributed by atoms with Gasteiger partial charge in [-0.25, -0.2) is 0 Å². The second-order valence-electron chi connectivity index (χ2n) is 5.13. The second-order valence-corrected chi connectivity index (χ2v) is 7.59. The van der Waals surface area contributed by atoms with Gasteiger partial charge in [-0.15, -0.1) is 11.8 Å². The van der Waals surface area contributed by atoms with E-state index in [1.807, 2.05) is 0 Å². The first-order valence-corrected chi connectivity index (χ1v) is 9.50. The Labute approximate surface area is 149 Å². The van der Waals surface area contributed by atoms with Crippen molar-refractivity contribution in [3.05, 3.63) is 35.7 Å². The Morgan fingerprint density at radius 2 is 2.20 bits per heavy atom. The Kier molecular flexibility index (Phi) is 5.57. The number of alkyl halides is 3. The molecule has 0 N–H and O–H groups in total. The number of hydrogen-bond donors (Lipinski definition) is 0. The molecule has 1 fully saturated rings. The highest BCUT2D eigenvalue weighted by molar-refractivity contribution is 8.07. The molecule has 1 aromatic carbocycles. The van der Waals surface area contributed by atoms with Gasteiger partial charge in [0, 0.05) is 22.8 Å². The van der Waals surface area contributed by atoms with Crippen LogP contribution >= 0.6 is 23.5 Å². The molecule has 0 unspecified atom stereocenters. The van der Waals surface area contributed by atoms with Crippen LogP contribution in [-0.4, -0.2) is 38.6 Å². The fourth-order valence-corrected chi connectivity index (χ4v) is 4.65. The van der Waals surface area contributed by atoms with E-state index in [1.165, 1.54) is 12.1 Å². The highest BCUT2D eigenvalue weighted by atomic mass is 32.2. The largest absolute Gasteiger partial charge is 0.455 e. The van der Waals surface area contributed by atoms with Crippen LogP contribution in [0.15, 0.2) is 28.8 Å². The summed E-state index contributed by atoms with van der Waals surface area (Å²) in [5.41, 5.74) is -0.620. The van der Waals surface area contributed by atoms with Crippen molar-refractivity contribution >= 4 is 29.5 Å². The molecule has 5 nitrogen and oxygen atoms in total. The summed E-state index contributed by atoms with van der Waals surface area (Å²) < 4.78 is 48.3. The number of halogens is 3. The van der Waals surface area contributed by atoms with Crippen LogP contribution in [0.1, 0.15) is 11.5 Å². The van der Waals surface area contributed by atoms with Crippen LogP contribution in [0.2, 0.25) is 0 Å². The maximum Gasteiger partial charge on any atom is 0.416 e. The van der Waals surface area contributed by atoms with E-state index in [0.29, 0.717) is 5.75 Å². The predicted molar refractivity (Wildman–Crippen MR) is 88.1 cm³/mol. The molecule has 0 bridgehead atoms. The van der Waals surface area contributed by atoms with Gasteiger partial charge in [0.25, 0.3) is 5.89 Å². The van der Waals surface area contributed by atoms with E-state index in [0.717, 1.165) is 23.6 Å². The van der Waals surface area contributed by atoms with Crippen LogP contribution in [0.25, 0.3) is 11.4 Å². The zero-order chi connectivity index (χ0) is 17.9. The Morgan fingerprint density at radius 3 is 2.92 bits per heavy atom. The molecular weight excluding hydrogens is 377 g/mol. The first-order chi connectivity index (χ1) is 11.9. The summed E-state index contributed by atoms with van der Waals surface area (Å²) in [6.07, 6.45) is -4.45. The summed E-state index contributed by atoms with van der Waals surface area (Å²) in [5.74, 6) is 2.30. The van der Waals surface area contributed by atoms with Gasteiger partial charge < -0.3 is 9.26 Å². The average Bonchev–Trinajstić information content (AvgIpc) is 3.09. The number of aromatic nitrogens is 2. The van der Waals surface area contributed by atoms with Crippen molar-refractivity contribution < 1.29 is 27.2 Å². The number of esters is 1. The van der Waals surface area contributed by atoms with E-state index in [1.54, 1.807) is 23.5 Å². The number of ether oxygens (including phenoxy) is 1. The first kappa shape index (κ1) is 18.1. The number of thioether (sulfide) groups is 2. The smallest absolute Gasteiger partial charge is 0.416 e. The van der Waals surface area contributed by atoms with Crippen molar-refractivity contribution in [1.82, 2.24) is 10.1 Å². The summed E-state index contributed by atoms with van der Waals surface area (Å²) in [6, 6.07) is 4.63. The van der Waals surface area contributed by atoms with E-state index >= 15 is 0 Å². The second kappa shape index (κ2) is 7.69. The van der Waals surface area contributed by atoms with Crippen LogP contribution < -0.4 is 0 Å². The standard InChI is InChI=1S/C15H13F3N2O3S2/c16-15(17,18)10-3-1-2-9(6-10)13-19-12(23-20-13)7-22-14(21)11-8-24-4-5-25-11/h1-3,6,11H,4-5,7-8H2/t11-/m0/s1. The van der Waals surface area contributed by atoms with Crippen molar-refractivity contribution in [1.29, 1.82) is 0 Å². The monoisotopic (exact) mass is 390 g/mol. The van der Waals surface area contributed by atoms with E-state index in [2.05, 4.69) is 10.1 Å². The van der Waals surface area contributed by atoms with Gasteiger partial charge in [0.1, 0.15) is 5.25 Å². The number of carbonyl (C=O) groups is 1. The molecule has 0 saturated carbocycles. The zero-order valence-electron chi connectivity index (χ0n) is 12.8. The third-order valence-electron chi connectivity index (χ3n) is 3.33. The molecule has 1 aromatic heterocycles. The summed E-state index contributed by atoms with van der Waals surface area (Å²) in [4.78, 5) is 15.9. The molecule has 0 aliphatic carbocycles. The molecule has 2 heterocycles. The molecule has 1 aliphatic rings. The molecule has 134 valence electrons. The average molecular weight is 390 g/mol. The van der Waals surface area contributed by atoms with Crippen molar-refractivity contribution in [2.75, 3.05) is 17.3 Å². The maximum atomic E-state index is 12.7. The lowest BCUT2D eigenvalue weighted by atomic mass is 10.1. The summed E-state index contributed by atoms with van der Waals surface area (Å²) in [6.45, 7) is -0.202.